The average Bonchev–Trinajstić information content (AvgIpc) is 2.37. The molecule has 0 unspecified atom stereocenters. The van der Waals surface area contributed by atoms with Gasteiger partial charge in [0.2, 0.25) is 0 Å². The second-order valence-corrected chi connectivity index (χ2v) is 5.32. The highest BCUT2D eigenvalue weighted by atomic mass is 79.9. The normalized spacial score (nSPS) is 13.4. The molecule has 0 radical (unpaired) electrons. The molecule has 1 aliphatic rings. The number of aromatic nitrogens is 2. The number of ether oxygens (including phenoxy) is 2. The van der Waals surface area contributed by atoms with E-state index >= 15 is 0 Å². The molecule has 6 heteroatoms. The van der Waals surface area contributed by atoms with Crippen molar-refractivity contribution < 1.29 is 9.47 Å². The third-order valence-corrected chi connectivity index (χ3v) is 3.28. The Balaban J connectivity index is 2.06. The fourth-order valence-corrected chi connectivity index (χ4v) is 2.78. The number of hydrogen-bond donors (Lipinski definition) is 0. The van der Waals surface area contributed by atoms with Gasteiger partial charge in [-0.2, -0.15) is 0 Å². The number of rotatable bonds is 1. The molecule has 18 heavy (non-hydrogen) atoms. The van der Waals surface area contributed by atoms with Gasteiger partial charge in [0.05, 0.1) is 0 Å². The maximum absolute atomic E-state index is 5.54. The van der Waals surface area contributed by atoms with Gasteiger partial charge < -0.3 is 9.47 Å². The van der Waals surface area contributed by atoms with Crippen molar-refractivity contribution in [2.45, 2.75) is 0 Å². The van der Waals surface area contributed by atoms with Crippen LogP contribution in [0.4, 0.5) is 0 Å². The van der Waals surface area contributed by atoms with E-state index in [-0.39, 0.29) is 0 Å². The zero-order valence-electron chi connectivity index (χ0n) is 9.19. The molecule has 0 saturated heterocycles. The second kappa shape index (κ2) is 4.85. The zero-order chi connectivity index (χ0) is 12.5. The third kappa shape index (κ3) is 2.35. The summed E-state index contributed by atoms with van der Waals surface area (Å²) in [6.45, 7) is 1.16. The van der Waals surface area contributed by atoms with Crippen LogP contribution in [-0.2, 0) is 0 Å². The summed E-state index contributed by atoms with van der Waals surface area (Å²) in [6.07, 6.45) is 0. The van der Waals surface area contributed by atoms with Crippen LogP contribution in [0.2, 0.25) is 0 Å². The van der Waals surface area contributed by atoms with Gasteiger partial charge >= 0.3 is 0 Å². The Hall–Kier alpha value is -1.14. The number of hydrogen-bond acceptors (Lipinski definition) is 4. The topological polar surface area (TPSA) is 44.2 Å². The van der Waals surface area contributed by atoms with Gasteiger partial charge in [0, 0.05) is 11.6 Å². The molecule has 2 heterocycles. The predicted molar refractivity (Wildman–Crippen MR) is 73.9 cm³/mol. The fourth-order valence-electron chi connectivity index (χ4n) is 1.70. The van der Waals surface area contributed by atoms with Crippen LogP contribution in [0.5, 0.6) is 11.5 Å². The van der Waals surface area contributed by atoms with Crippen LogP contribution in [-0.4, -0.2) is 23.2 Å². The highest BCUT2D eigenvalue weighted by Crippen LogP contribution is 2.34. The van der Waals surface area contributed by atoms with E-state index in [0.29, 0.717) is 19.0 Å². The third-order valence-electron chi connectivity index (χ3n) is 2.46. The maximum Gasteiger partial charge on any atom is 0.162 e. The SMILES string of the molecule is Brc1cc(Br)nc(-c2ccc3c(c2)OCCO3)n1. The molecular weight excluding hydrogens is 364 g/mol. The Bertz CT molecular complexity index is 584. The van der Waals surface area contributed by atoms with Crippen LogP contribution in [0.3, 0.4) is 0 Å². The summed E-state index contributed by atoms with van der Waals surface area (Å²) in [4.78, 5) is 8.66. The molecule has 0 spiro atoms. The van der Waals surface area contributed by atoms with Crippen molar-refractivity contribution >= 4 is 31.9 Å². The molecule has 0 saturated carbocycles. The molecule has 1 aromatic heterocycles. The van der Waals surface area contributed by atoms with E-state index in [4.69, 9.17) is 9.47 Å². The van der Waals surface area contributed by atoms with Crippen molar-refractivity contribution in [3.63, 3.8) is 0 Å². The lowest BCUT2D eigenvalue weighted by atomic mass is 10.2. The summed E-state index contributed by atoms with van der Waals surface area (Å²) in [5.41, 5.74) is 0.890. The minimum Gasteiger partial charge on any atom is -0.486 e. The second-order valence-electron chi connectivity index (χ2n) is 3.70. The first-order valence-corrected chi connectivity index (χ1v) is 6.91. The van der Waals surface area contributed by atoms with Gasteiger partial charge in [0.25, 0.3) is 0 Å². The van der Waals surface area contributed by atoms with Crippen LogP contribution >= 0.6 is 31.9 Å². The molecule has 2 aromatic rings. The molecule has 92 valence electrons. The molecule has 4 nitrogen and oxygen atoms in total. The molecule has 0 atom stereocenters. The fraction of sp³-hybridized carbons (Fsp3) is 0.167. The number of halogens is 2. The van der Waals surface area contributed by atoms with Crippen LogP contribution in [0.15, 0.2) is 33.5 Å². The standard InChI is InChI=1S/C12H8Br2N2O2/c13-10-6-11(14)16-12(15-10)7-1-2-8-9(5-7)18-4-3-17-8/h1-2,5-6H,3-4H2. The predicted octanol–water partition coefficient (Wildman–Crippen LogP) is 3.44. The van der Waals surface area contributed by atoms with E-state index in [1.807, 2.05) is 18.2 Å². The van der Waals surface area contributed by atoms with Crippen molar-refractivity contribution in [1.29, 1.82) is 0 Å². The first kappa shape index (κ1) is 11.9. The van der Waals surface area contributed by atoms with Crippen molar-refractivity contribution in [2.24, 2.45) is 0 Å². The number of fused-ring (bicyclic) bond motifs is 1. The Morgan fingerprint density at radius 2 is 1.56 bits per heavy atom. The lowest BCUT2D eigenvalue weighted by Gasteiger charge is -2.18. The first-order chi connectivity index (χ1) is 8.72. The molecular formula is C12H8Br2N2O2. The van der Waals surface area contributed by atoms with Crippen LogP contribution in [0.25, 0.3) is 11.4 Å². The molecule has 0 amide bonds. The zero-order valence-corrected chi connectivity index (χ0v) is 12.4. The molecule has 3 rings (SSSR count). The van der Waals surface area contributed by atoms with Crippen LogP contribution < -0.4 is 9.47 Å². The summed E-state index contributed by atoms with van der Waals surface area (Å²) in [6, 6.07) is 7.48. The summed E-state index contributed by atoms with van der Waals surface area (Å²) >= 11 is 6.70. The smallest absolute Gasteiger partial charge is 0.162 e. The van der Waals surface area contributed by atoms with E-state index < -0.39 is 0 Å². The van der Waals surface area contributed by atoms with Gasteiger partial charge in [-0.15, -0.1) is 0 Å². The molecule has 0 aliphatic carbocycles. The Morgan fingerprint density at radius 3 is 2.28 bits per heavy atom. The average molecular weight is 372 g/mol. The van der Waals surface area contributed by atoms with Crippen LogP contribution in [0.1, 0.15) is 0 Å². The lowest BCUT2D eigenvalue weighted by molar-refractivity contribution is 0.171. The minimum absolute atomic E-state index is 0.569. The van der Waals surface area contributed by atoms with Crippen molar-refractivity contribution in [2.75, 3.05) is 13.2 Å². The molecule has 0 fully saturated rings. The Kier molecular flexibility index (Phi) is 3.22. The Morgan fingerprint density at radius 1 is 0.889 bits per heavy atom. The molecule has 0 N–H and O–H groups in total. The number of nitrogens with zero attached hydrogens (tertiary/aromatic N) is 2. The van der Waals surface area contributed by atoms with Crippen molar-refractivity contribution in [3.05, 3.63) is 33.5 Å². The Labute approximate surface area is 121 Å². The summed E-state index contributed by atoms with van der Waals surface area (Å²) in [7, 11) is 0. The summed E-state index contributed by atoms with van der Waals surface area (Å²) < 4.78 is 12.5. The van der Waals surface area contributed by atoms with E-state index in [9.17, 15) is 0 Å². The van der Waals surface area contributed by atoms with Gasteiger partial charge in [-0.05, 0) is 50.1 Å². The van der Waals surface area contributed by atoms with Gasteiger partial charge in [0.1, 0.15) is 22.4 Å². The molecule has 1 aromatic carbocycles. The first-order valence-electron chi connectivity index (χ1n) is 5.32. The lowest BCUT2D eigenvalue weighted by Crippen LogP contribution is -2.15. The summed E-state index contributed by atoms with van der Waals surface area (Å²) in [5, 5.41) is 0. The molecule has 1 aliphatic heterocycles. The van der Waals surface area contributed by atoms with Crippen LogP contribution in [0, 0.1) is 0 Å². The van der Waals surface area contributed by atoms with Gasteiger partial charge in [-0.1, -0.05) is 0 Å². The van der Waals surface area contributed by atoms with Crippen molar-refractivity contribution in [1.82, 2.24) is 9.97 Å². The van der Waals surface area contributed by atoms with Gasteiger partial charge in [-0.3, -0.25) is 0 Å². The largest absolute Gasteiger partial charge is 0.486 e. The van der Waals surface area contributed by atoms with Gasteiger partial charge in [0.15, 0.2) is 17.3 Å². The molecule has 0 bridgehead atoms. The highest BCUT2D eigenvalue weighted by Gasteiger charge is 2.13. The minimum atomic E-state index is 0.569. The van der Waals surface area contributed by atoms with E-state index in [2.05, 4.69) is 41.8 Å². The van der Waals surface area contributed by atoms with E-state index in [1.54, 1.807) is 6.07 Å². The van der Waals surface area contributed by atoms with E-state index in [0.717, 1.165) is 26.3 Å². The maximum atomic E-state index is 5.54. The monoisotopic (exact) mass is 370 g/mol. The van der Waals surface area contributed by atoms with E-state index in [1.165, 1.54) is 0 Å². The van der Waals surface area contributed by atoms with Gasteiger partial charge in [-0.25, -0.2) is 9.97 Å². The highest BCUT2D eigenvalue weighted by molar-refractivity contribution is 9.11. The van der Waals surface area contributed by atoms with Crippen molar-refractivity contribution in [3.8, 4) is 22.9 Å². The quantitative estimate of drug-likeness (QED) is 0.720. The number of benzene rings is 1. The summed E-state index contributed by atoms with van der Waals surface area (Å²) in [5.74, 6) is 2.13.